The quantitative estimate of drug-likeness (QED) is 0.0622. The van der Waals surface area contributed by atoms with Gasteiger partial charge in [-0.15, -0.1) is 37.6 Å². The first kappa shape index (κ1) is 37.7. The maximum atomic E-state index is 13.4. The van der Waals surface area contributed by atoms with Crippen LogP contribution in [-0.2, 0) is 26.2 Å². The van der Waals surface area contributed by atoms with Crippen LogP contribution in [0.1, 0.15) is 44.0 Å². The average molecular weight is 719 g/mol. The van der Waals surface area contributed by atoms with E-state index in [1.54, 1.807) is 0 Å². The fourth-order valence-electron chi connectivity index (χ4n) is 4.40. The molecule has 0 bridgehead atoms. The van der Waals surface area contributed by atoms with Crippen molar-refractivity contribution in [2.45, 2.75) is 32.9 Å². The van der Waals surface area contributed by atoms with E-state index in [0.717, 1.165) is 6.42 Å². The third-order valence-electron chi connectivity index (χ3n) is 6.54. The molecule has 0 heterocycles. The molecular formula is C31H23BF10PZr. The predicted octanol–water partition coefficient (Wildman–Crippen LogP) is 8.40. The van der Waals surface area contributed by atoms with Crippen molar-refractivity contribution < 1.29 is 70.1 Å². The van der Waals surface area contributed by atoms with Crippen LogP contribution in [0.15, 0.2) is 48.1 Å². The van der Waals surface area contributed by atoms with Crippen LogP contribution < -0.4 is 10.9 Å². The average Bonchev–Trinajstić information content (AvgIpc) is 3.70. The molecule has 0 fully saturated rings. The maximum Gasteiger partial charge on any atom is 2.00 e. The van der Waals surface area contributed by atoms with Gasteiger partial charge in [0, 0.05) is 0 Å². The molecule has 2 aliphatic carbocycles. The van der Waals surface area contributed by atoms with Gasteiger partial charge in [-0.1, -0.05) is 26.8 Å². The Morgan fingerprint density at radius 3 is 1.50 bits per heavy atom. The molecule has 0 amide bonds. The molecule has 44 heavy (non-hydrogen) atoms. The number of allylic oxidation sites excluding steroid dienone is 5. The molecule has 0 nitrogen and oxygen atoms in total. The summed E-state index contributed by atoms with van der Waals surface area (Å²) >= 11 is 0. The fourth-order valence-corrected chi connectivity index (χ4v) is 6.81. The van der Waals surface area contributed by atoms with Gasteiger partial charge in [0.1, 0.15) is 0 Å². The summed E-state index contributed by atoms with van der Waals surface area (Å²) in [7, 11) is -0.251. The smallest absolute Gasteiger partial charge is 0.273 e. The summed E-state index contributed by atoms with van der Waals surface area (Å²) in [5.41, 5.74) is 1.27. The second-order valence-corrected chi connectivity index (χ2v) is 12.1. The molecule has 5 rings (SSSR count). The zero-order chi connectivity index (χ0) is 32.0. The first-order valence-electron chi connectivity index (χ1n) is 12.9. The van der Waals surface area contributed by atoms with Gasteiger partial charge in [0.15, 0.2) is 58.2 Å². The molecule has 1 radical (unpaired) electrons. The van der Waals surface area contributed by atoms with E-state index < -0.39 is 69.1 Å². The van der Waals surface area contributed by atoms with Crippen molar-refractivity contribution in [3.63, 3.8) is 0 Å². The van der Waals surface area contributed by atoms with Crippen molar-refractivity contribution in [1.82, 2.24) is 0 Å². The van der Waals surface area contributed by atoms with E-state index in [1.807, 2.05) is 12.2 Å². The second kappa shape index (κ2) is 16.7. The first-order valence-corrected chi connectivity index (χ1v) is 14.7. The molecule has 0 spiro atoms. The van der Waals surface area contributed by atoms with Crippen LogP contribution in [0.4, 0.5) is 43.9 Å². The maximum absolute atomic E-state index is 13.4. The Balaban J connectivity index is 0.000000273. The monoisotopic (exact) mass is 717 g/mol. The SMILES string of the molecule is CCP(CC)C1C(C)=[C-]c2ccccc21.Fc1c(F)c(F)c([B]c2c(F)c(F)c(F)c(F)c2F)c(F)c1F.[C-]1=CC=CC1.[Zr+2]. The van der Waals surface area contributed by atoms with Crippen molar-refractivity contribution in [3.05, 3.63) is 130 Å². The first-order chi connectivity index (χ1) is 20.4. The van der Waals surface area contributed by atoms with Crippen molar-refractivity contribution in [1.29, 1.82) is 0 Å². The second-order valence-electron chi connectivity index (χ2n) is 9.13. The normalized spacial score (nSPS) is 14.3. The van der Waals surface area contributed by atoms with Gasteiger partial charge >= 0.3 is 26.2 Å². The summed E-state index contributed by atoms with van der Waals surface area (Å²) < 4.78 is 131. The Bertz CT molecular complexity index is 1450. The van der Waals surface area contributed by atoms with Crippen molar-refractivity contribution in [2.24, 2.45) is 0 Å². The van der Waals surface area contributed by atoms with E-state index in [2.05, 4.69) is 63.3 Å². The molecule has 1 unspecified atom stereocenters. The number of rotatable bonds is 5. The van der Waals surface area contributed by atoms with E-state index in [-0.39, 0.29) is 41.4 Å². The van der Waals surface area contributed by atoms with Crippen LogP contribution in [0.2, 0.25) is 0 Å². The molecule has 2 aliphatic rings. The van der Waals surface area contributed by atoms with Crippen LogP contribution in [-0.4, -0.2) is 19.6 Å². The van der Waals surface area contributed by atoms with E-state index in [9.17, 15) is 43.9 Å². The van der Waals surface area contributed by atoms with E-state index in [0.29, 0.717) is 5.66 Å². The van der Waals surface area contributed by atoms with Gasteiger partial charge in [0.2, 0.25) is 7.28 Å². The number of halogens is 10. The minimum Gasteiger partial charge on any atom is -0.273 e. The molecule has 1 atom stereocenters. The van der Waals surface area contributed by atoms with Gasteiger partial charge < -0.3 is 0 Å². The van der Waals surface area contributed by atoms with Crippen molar-refractivity contribution in [3.8, 4) is 0 Å². The van der Waals surface area contributed by atoms with E-state index in [4.69, 9.17) is 0 Å². The topological polar surface area (TPSA) is 0 Å². The summed E-state index contributed by atoms with van der Waals surface area (Å²) in [6, 6.07) is 8.74. The third kappa shape index (κ3) is 8.03. The van der Waals surface area contributed by atoms with Crippen LogP contribution in [0.25, 0.3) is 0 Å². The Morgan fingerprint density at radius 2 is 1.14 bits per heavy atom. The largest absolute Gasteiger partial charge is 2.00 e. The number of benzene rings is 3. The molecule has 0 aliphatic heterocycles. The van der Waals surface area contributed by atoms with Crippen LogP contribution >= 0.6 is 7.92 Å². The van der Waals surface area contributed by atoms with Crippen LogP contribution in [0, 0.1) is 70.3 Å². The van der Waals surface area contributed by atoms with Crippen molar-refractivity contribution in [2.75, 3.05) is 12.3 Å². The molecular weight excluding hydrogens is 695 g/mol. The van der Waals surface area contributed by atoms with Gasteiger partial charge in [-0.25, -0.2) is 56.1 Å². The van der Waals surface area contributed by atoms with E-state index >= 15 is 0 Å². The molecule has 0 aromatic heterocycles. The van der Waals surface area contributed by atoms with Crippen molar-refractivity contribution >= 4 is 26.1 Å². The Hall–Kier alpha value is -2.44. The fraction of sp³-hybridized carbons (Fsp3) is 0.226. The summed E-state index contributed by atoms with van der Waals surface area (Å²) in [5, 5.41) is 0. The molecule has 3 aromatic rings. The summed E-state index contributed by atoms with van der Waals surface area (Å²) in [5.74, 6) is -24.9. The minimum atomic E-state index is -2.55. The molecule has 0 saturated carbocycles. The van der Waals surface area contributed by atoms with Gasteiger partial charge in [0.25, 0.3) is 0 Å². The zero-order valence-electron chi connectivity index (χ0n) is 23.5. The summed E-state index contributed by atoms with van der Waals surface area (Å²) in [6.07, 6.45) is 16.2. The minimum absolute atomic E-state index is 0. The van der Waals surface area contributed by atoms with Crippen LogP contribution in [0.3, 0.4) is 0 Å². The summed E-state index contributed by atoms with van der Waals surface area (Å²) in [6.45, 7) is 6.89. The third-order valence-corrected chi connectivity index (χ3v) is 9.56. The standard InChI is InChI=1S/C14H18P.C12BF10.C5H5.Zr/c1-4-15(5-2)14-11(3)10-12-8-6-7-9-13(12)14;14-3-1(4(15)8(19)11(22)7(3)18)13-2-5(16)9(20)12(23)10(21)6(2)17;1-2-4-5-3-1;/h6-9,14H,4-5H2,1-3H3;;1-3H,4H2;/q-1;;-1;+2. The van der Waals surface area contributed by atoms with Gasteiger partial charge in [-0.05, 0) is 28.9 Å². The van der Waals surface area contributed by atoms with Gasteiger partial charge in [-0.3, -0.25) is 6.08 Å². The number of fused-ring (bicyclic) bond motifs is 1. The molecule has 3 aromatic carbocycles. The number of hydrogen-bond donors (Lipinski definition) is 0. The Labute approximate surface area is 270 Å². The number of hydrogen-bond acceptors (Lipinski definition) is 0. The molecule has 0 saturated heterocycles. The summed E-state index contributed by atoms with van der Waals surface area (Å²) in [4.78, 5) is 0. The Kier molecular flexibility index (Phi) is 14.4. The molecule has 13 heteroatoms. The molecule has 229 valence electrons. The van der Waals surface area contributed by atoms with Gasteiger partial charge in [0.05, 0.1) is 0 Å². The van der Waals surface area contributed by atoms with E-state index in [1.165, 1.54) is 29.0 Å². The Morgan fingerprint density at radius 1 is 0.705 bits per heavy atom. The van der Waals surface area contributed by atoms with Crippen LogP contribution in [0.5, 0.6) is 0 Å². The molecule has 0 N–H and O–H groups in total. The zero-order valence-corrected chi connectivity index (χ0v) is 26.9. The van der Waals surface area contributed by atoms with Gasteiger partial charge in [-0.2, -0.15) is 23.8 Å². The predicted molar refractivity (Wildman–Crippen MR) is 148 cm³/mol.